The first-order valence-corrected chi connectivity index (χ1v) is 17.6. The van der Waals surface area contributed by atoms with Crippen molar-refractivity contribution >= 4 is 38.1 Å². The summed E-state index contributed by atoms with van der Waals surface area (Å²) >= 11 is 1.22. The SMILES string of the molecule is CCOCc1cc(Cn2nc(-c3ccccc3)c3c(C)nc(CC)cc32)ccc1-c1cc(C)sc1S(=O)(=O)Nc1noc(C)c1C. The molecule has 0 bridgehead atoms. The van der Waals surface area contributed by atoms with Crippen LogP contribution in [0.2, 0.25) is 0 Å². The molecular formula is C35H37N5O4S2. The molecule has 0 aliphatic heterocycles. The molecule has 1 N–H and O–H groups in total. The molecule has 6 rings (SSSR count). The number of nitrogens with zero attached hydrogens (tertiary/aromatic N) is 4. The number of benzene rings is 2. The number of hydrogen-bond donors (Lipinski definition) is 1. The Morgan fingerprint density at radius 1 is 0.978 bits per heavy atom. The molecule has 0 atom stereocenters. The lowest BCUT2D eigenvalue weighted by molar-refractivity contribution is 0.134. The van der Waals surface area contributed by atoms with Gasteiger partial charge in [-0.2, -0.15) is 5.10 Å². The number of anilines is 1. The van der Waals surface area contributed by atoms with Crippen LogP contribution in [0.15, 0.2) is 69.4 Å². The summed E-state index contributed by atoms with van der Waals surface area (Å²) in [4.78, 5) is 5.73. The van der Waals surface area contributed by atoms with Gasteiger partial charge in [-0.3, -0.25) is 14.4 Å². The zero-order valence-electron chi connectivity index (χ0n) is 26.8. The molecule has 0 aliphatic rings. The van der Waals surface area contributed by atoms with Crippen molar-refractivity contribution in [2.24, 2.45) is 0 Å². The minimum atomic E-state index is -3.95. The molecule has 0 spiro atoms. The number of pyridine rings is 1. The Morgan fingerprint density at radius 2 is 1.76 bits per heavy atom. The van der Waals surface area contributed by atoms with E-state index in [4.69, 9.17) is 19.3 Å². The number of aromatic nitrogens is 4. The summed E-state index contributed by atoms with van der Waals surface area (Å²) in [5.74, 6) is 0.755. The molecule has 2 aromatic carbocycles. The fraction of sp³-hybridized carbons (Fsp3) is 0.286. The molecule has 9 nitrogen and oxygen atoms in total. The minimum Gasteiger partial charge on any atom is -0.377 e. The molecule has 6 aromatic rings. The molecule has 46 heavy (non-hydrogen) atoms. The van der Waals surface area contributed by atoms with E-state index in [0.717, 1.165) is 61.5 Å². The van der Waals surface area contributed by atoms with Crippen LogP contribution in [0.3, 0.4) is 0 Å². The zero-order chi connectivity index (χ0) is 32.6. The Labute approximate surface area is 273 Å². The monoisotopic (exact) mass is 655 g/mol. The maximum Gasteiger partial charge on any atom is 0.273 e. The van der Waals surface area contributed by atoms with Crippen molar-refractivity contribution in [1.82, 2.24) is 19.9 Å². The summed E-state index contributed by atoms with van der Waals surface area (Å²) in [5, 5.41) is 10.1. The Hall–Kier alpha value is -4.32. The quantitative estimate of drug-likeness (QED) is 0.151. The summed E-state index contributed by atoms with van der Waals surface area (Å²) in [6, 6.07) is 20.4. The van der Waals surface area contributed by atoms with Crippen LogP contribution < -0.4 is 4.72 Å². The van der Waals surface area contributed by atoms with Gasteiger partial charge in [0.25, 0.3) is 10.0 Å². The Morgan fingerprint density at radius 3 is 2.46 bits per heavy atom. The first-order chi connectivity index (χ1) is 22.1. The summed E-state index contributed by atoms with van der Waals surface area (Å²) in [6.07, 6.45) is 0.825. The first kappa shape index (κ1) is 31.7. The lowest BCUT2D eigenvalue weighted by Gasteiger charge is -2.14. The summed E-state index contributed by atoms with van der Waals surface area (Å²) in [7, 11) is -3.95. The van der Waals surface area contributed by atoms with E-state index in [0.29, 0.717) is 36.6 Å². The van der Waals surface area contributed by atoms with Crippen LogP contribution in [0.25, 0.3) is 33.3 Å². The summed E-state index contributed by atoms with van der Waals surface area (Å²) < 4.78 is 43.4. The maximum atomic E-state index is 13.7. The van der Waals surface area contributed by atoms with Crippen LogP contribution in [0, 0.1) is 27.7 Å². The molecule has 0 amide bonds. The highest BCUT2D eigenvalue weighted by Crippen LogP contribution is 2.39. The van der Waals surface area contributed by atoms with Crippen LogP contribution in [-0.4, -0.2) is 34.9 Å². The summed E-state index contributed by atoms with van der Waals surface area (Å²) in [5.41, 5.74) is 8.96. The predicted molar refractivity (Wildman–Crippen MR) is 183 cm³/mol. The largest absolute Gasteiger partial charge is 0.377 e. The summed E-state index contributed by atoms with van der Waals surface area (Å²) in [6.45, 7) is 12.9. The number of hydrogen-bond acceptors (Lipinski definition) is 8. The first-order valence-electron chi connectivity index (χ1n) is 15.3. The minimum absolute atomic E-state index is 0.192. The van der Waals surface area contributed by atoms with E-state index in [1.807, 2.05) is 61.9 Å². The fourth-order valence-electron chi connectivity index (χ4n) is 5.62. The maximum absolute atomic E-state index is 13.7. The molecule has 0 unspecified atom stereocenters. The highest BCUT2D eigenvalue weighted by molar-refractivity contribution is 7.94. The van der Waals surface area contributed by atoms with Gasteiger partial charge in [0.1, 0.15) is 15.7 Å². The van der Waals surface area contributed by atoms with Gasteiger partial charge in [-0.25, -0.2) is 8.42 Å². The van der Waals surface area contributed by atoms with Gasteiger partial charge < -0.3 is 9.26 Å². The zero-order valence-corrected chi connectivity index (χ0v) is 28.5. The Kier molecular flexibility index (Phi) is 8.82. The average molecular weight is 656 g/mol. The molecule has 4 heterocycles. The standard InChI is InChI=1S/C35H37N5O4S2/c1-7-28-18-31-32(23(5)36-28)33(26-12-10-9-11-13-26)37-40(31)19-25-14-15-29(27(17-25)20-43-8-2)30-16-21(3)45-35(30)46(41,42)39-34-22(4)24(6)44-38-34/h9-18H,7-8,19-20H2,1-6H3,(H,38,39). The van der Waals surface area contributed by atoms with E-state index in [1.54, 1.807) is 13.8 Å². The number of ether oxygens (including phenoxy) is 1. The molecule has 0 aliphatic carbocycles. The Balaban J connectivity index is 1.42. The van der Waals surface area contributed by atoms with E-state index in [1.165, 1.54) is 11.3 Å². The second-order valence-corrected chi connectivity index (χ2v) is 14.5. The molecule has 0 fully saturated rings. The van der Waals surface area contributed by atoms with Crippen LogP contribution in [0.5, 0.6) is 0 Å². The van der Waals surface area contributed by atoms with Crippen molar-refractivity contribution in [3.63, 3.8) is 0 Å². The molecule has 11 heteroatoms. The van der Waals surface area contributed by atoms with Crippen molar-refractivity contribution in [2.75, 3.05) is 11.3 Å². The van der Waals surface area contributed by atoms with Gasteiger partial charge in [0.2, 0.25) is 0 Å². The van der Waals surface area contributed by atoms with Crippen molar-refractivity contribution in [1.29, 1.82) is 0 Å². The predicted octanol–water partition coefficient (Wildman–Crippen LogP) is 8.00. The number of sulfonamides is 1. The van der Waals surface area contributed by atoms with E-state index in [2.05, 4.69) is 41.1 Å². The molecule has 0 saturated carbocycles. The van der Waals surface area contributed by atoms with Crippen molar-refractivity contribution in [3.05, 3.63) is 99.4 Å². The van der Waals surface area contributed by atoms with Gasteiger partial charge in [-0.1, -0.05) is 60.6 Å². The number of nitrogens with one attached hydrogen (secondary N) is 1. The van der Waals surface area contributed by atoms with Crippen LogP contribution in [0.1, 0.15) is 52.6 Å². The highest BCUT2D eigenvalue weighted by Gasteiger charge is 2.26. The molecular weight excluding hydrogens is 619 g/mol. The number of rotatable bonds is 11. The van der Waals surface area contributed by atoms with Gasteiger partial charge in [-0.15, -0.1) is 11.3 Å². The third-order valence-electron chi connectivity index (χ3n) is 8.08. The highest BCUT2D eigenvalue weighted by atomic mass is 32.2. The second kappa shape index (κ2) is 12.8. The normalized spacial score (nSPS) is 11.9. The second-order valence-electron chi connectivity index (χ2n) is 11.3. The van der Waals surface area contributed by atoms with E-state index in [-0.39, 0.29) is 10.0 Å². The smallest absolute Gasteiger partial charge is 0.273 e. The number of fused-ring (bicyclic) bond motifs is 1. The third kappa shape index (κ3) is 6.10. The molecule has 0 saturated heterocycles. The van der Waals surface area contributed by atoms with Crippen LogP contribution in [0.4, 0.5) is 5.82 Å². The third-order valence-corrected chi connectivity index (χ3v) is 11.0. The molecule has 238 valence electrons. The fourth-order valence-corrected chi connectivity index (χ4v) is 8.32. The van der Waals surface area contributed by atoms with Crippen molar-refractivity contribution < 1.29 is 17.7 Å². The van der Waals surface area contributed by atoms with Gasteiger partial charge in [0.05, 0.1) is 18.7 Å². The van der Waals surface area contributed by atoms with Gasteiger partial charge in [0.15, 0.2) is 5.82 Å². The van der Waals surface area contributed by atoms with Crippen LogP contribution in [-0.2, 0) is 34.3 Å². The van der Waals surface area contributed by atoms with Crippen molar-refractivity contribution in [3.8, 4) is 22.4 Å². The van der Waals surface area contributed by atoms with Gasteiger partial charge in [0, 0.05) is 44.9 Å². The average Bonchev–Trinajstić information content (AvgIpc) is 3.72. The topological polar surface area (TPSA) is 112 Å². The van der Waals surface area contributed by atoms with Crippen molar-refractivity contribution in [2.45, 2.75) is 65.3 Å². The lowest BCUT2D eigenvalue weighted by atomic mass is 9.99. The van der Waals surface area contributed by atoms with Gasteiger partial charge >= 0.3 is 0 Å². The van der Waals surface area contributed by atoms with E-state index < -0.39 is 10.0 Å². The molecule has 0 radical (unpaired) electrons. The van der Waals surface area contributed by atoms with Crippen LogP contribution >= 0.6 is 11.3 Å². The van der Waals surface area contributed by atoms with Gasteiger partial charge in [-0.05, 0) is 69.9 Å². The Bertz CT molecular complexity index is 2150. The van der Waals surface area contributed by atoms with E-state index >= 15 is 0 Å². The number of aryl methyl sites for hydroxylation is 4. The molecule has 4 aromatic heterocycles. The number of thiophene rings is 1. The van der Waals surface area contributed by atoms with E-state index in [9.17, 15) is 8.42 Å². The lowest BCUT2D eigenvalue weighted by Crippen LogP contribution is -2.13.